The second-order valence-corrected chi connectivity index (χ2v) is 6.11. The van der Waals surface area contributed by atoms with Crippen molar-refractivity contribution in [2.24, 2.45) is 0 Å². The van der Waals surface area contributed by atoms with Crippen molar-refractivity contribution >= 4 is 5.91 Å². The van der Waals surface area contributed by atoms with Crippen LogP contribution in [0.1, 0.15) is 17.4 Å². The zero-order valence-electron chi connectivity index (χ0n) is 14.6. The van der Waals surface area contributed by atoms with Gasteiger partial charge in [0, 0.05) is 31.2 Å². The molecule has 0 radical (unpaired) electrons. The topological polar surface area (TPSA) is 79.5 Å². The Bertz CT molecular complexity index is 710. The van der Waals surface area contributed by atoms with Crippen molar-refractivity contribution in [2.45, 2.75) is 13.0 Å². The van der Waals surface area contributed by atoms with E-state index in [0.29, 0.717) is 17.9 Å². The van der Waals surface area contributed by atoms with E-state index >= 15 is 0 Å². The van der Waals surface area contributed by atoms with Gasteiger partial charge in [-0.15, -0.1) is 0 Å². The summed E-state index contributed by atoms with van der Waals surface area (Å²) in [5.74, 6) is 0.604. The van der Waals surface area contributed by atoms with Crippen LogP contribution in [0.5, 0.6) is 5.75 Å². The molecule has 7 heteroatoms. The monoisotopic (exact) mass is 344 g/mol. The molecule has 2 aromatic rings. The van der Waals surface area contributed by atoms with Crippen LogP contribution in [0.3, 0.4) is 0 Å². The third-order valence-electron chi connectivity index (χ3n) is 4.42. The van der Waals surface area contributed by atoms with Gasteiger partial charge in [0.25, 0.3) is 5.91 Å². The molecule has 2 heterocycles. The molecule has 0 saturated carbocycles. The van der Waals surface area contributed by atoms with Crippen LogP contribution in [0, 0.1) is 0 Å². The molecule has 1 aromatic heterocycles. The Balaban J connectivity index is 1.58. The molecule has 1 aliphatic rings. The third-order valence-corrected chi connectivity index (χ3v) is 4.42. The molecule has 1 amide bonds. The molecule has 7 nitrogen and oxygen atoms in total. The number of amides is 1. The second kappa shape index (κ2) is 8.13. The van der Waals surface area contributed by atoms with E-state index in [1.807, 2.05) is 24.3 Å². The lowest BCUT2D eigenvalue weighted by Gasteiger charge is -2.32. The predicted octanol–water partition coefficient (Wildman–Crippen LogP) is 1.54. The second-order valence-electron chi connectivity index (χ2n) is 6.11. The van der Waals surface area contributed by atoms with E-state index < -0.39 is 0 Å². The van der Waals surface area contributed by atoms with Crippen molar-refractivity contribution in [1.82, 2.24) is 20.4 Å². The van der Waals surface area contributed by atoms with Gasteiger partial charge >= 0.3 is 0 Å². The molecule has 1 aromatic carbocycles. The normalized spacial score (nSPS) is 16.4. The van der Waals surface area contributed by atoms with Crippen LogP contribution < -0.4 is 10.1 Å². The highest BCUT2D eigenvalue weighted by Crippen LogP contribution is 2.22. The number of morpholine rings is 1. The molecule has 1 atom stereocenters. The fourth-order valence-corrected chi connectivity index (χ4v) is 2.85. The van der Waals surface area contributed by atoms with Crippen molar-refractivity contribution in [3.63, 3.8) is 0 Å². The Labute approximate surface area is 147 Å². The fraction of sp³-hybridized carbons (Fsp3) is 0.444. The van der Waals surface area contributed by atoms with Crippen molar-refractivity contribution in [3.05, 3.63) is 36.0 Å². The standard InChI is InChI=1S/C18H24N4O3/c1-13(22-6-8-25-9-7-22)12-19-18(23)17-11-16(20-21-17)14-4-3-5-15(10-14)24-2/h3-5,10-11,13H,6-9,12H2,1-2H3,(H,19,23)(H,20,21). The molecular formula is C18H24N4O3. The summed E-state index contributed by atoms with van der Waals surface area (Å²) in [5, 5.41) is 10.0. The van der Waals surface area contributed by atoms with Crippen LogP contribution in [0.2, 0.25) is 0 Å². The average Bonchev–Trinajstić information content (AvgIpc) is 3.17. The maximum Gasteiger partial charge on any atom is 0.269 e. The van der Waals surface area contributed by atoms with E-state index in [2.05, 4.69) is 27.3 Å². The lowest BCUT2D eigenvalue weighted by molar-refractivity contribution is 0.0204. The van der Waals surface area contributed by atoms with Gasteiger partial charge < -0.3 is 14.8 Å². The molecule has 2 N–H and O–H groups in total. The van der Waals surface area contributed by atoms with E-state index in [4.69, 9.17) is 9.47 Å². The molecule has 0 spiro atoms. The predicted molar refractivity (Wildman–Crippen MR) is 94.8 cm³/mol. The Hall–Kier alpha value is -2.38. The number of hydrogen-bond donors (Lipinski definition) is 2. The Kier molecular flexibility index (Phi) is 5.67. The van der Waals surface area contributed by atoms with Crippen LogP contribution >= 0.6 is 0 Å². The van der Waals surface area contributed by atoms with Gasteiger partial charge in [-0.3, -0.25) is 14.8 Å². The fourth-order valence-electron chi connectivity index (χ4n) is 2.85. The van der Waals surface area contributed by atoms with Gasteiger partial charge in [0.05, 0.1) is 26.0 Å². The van der Waals surface area contributed by atoms with Crippen molar-refractivity contribution in [2.75, 3.05) is 40.0 Å². The maximum absolute atomic E-state index is 12.3. The van der Waals surface area contributed by atoms with Gasteiger partial charge in [-0.2, -0.15) is 5.10 Å². The molecule has 1 aliphatic heterocycles. The number of nitrogens with zero attached hydrogens (tertiary/aromatic N) is 2. The highest BCUT2D eigenvalue weighted by Gasteiger charge is 2.18. The molecule has 1 unspecified atom stereocenters. The molecule has 1 saturated heterocycles. The number of hydrogen-bond acceptors (Lipinski definition) is 5. The zero-order chi connectivity index (χ0) is 17.6. The van der Waals surface area contributed by atoms with Gasteiger partial charge in [-0.1, -0.05) is 12.1 Å². The third kappa shape index (κ3) is 4.37. The number of aromatic nitrogens is 2. The first kappa shape index (κ1) is 17.4. The highest BCUT2D eigenvalue weighted by atomic mass is 16.5. The van der Waals surface area contributed by atoms with Gasteiger partial charge in [-0.05, 0) is 25.1 Å². The summed E-state index contributed by atoms with van der Waals surface area (Å²) in [4.78, 5) is 14.7. The number of benzene rings is 1. The van der Waals surface area contributed by atoms with Gasteiger partial charge in [-0.25, -0.2) is 0 Å². The van der Waals surface area contributed by atoms with Crippen molar-refractivity contribution < 1.29 is 14.3 Å². The number of ether oxygens (including phenoxy) is 2. The first-order chi connectivity index (χ1) is 12.2. The Morgan fingerprint density at radius 3 is 2.96 bits per heavy atom. The largest absolute Gasteiger partial charge is 0.497 e. The smallest absolute Gasteiger partial charge is 0.269 e. The Morgan fingerprint density at radius 2 is 2.20 bits per heavy atom. The summed E-state index contributed by atoms with van der Waals surface area (Å²) in [6.07, 6.45) is 0. The lowest BCUT2D eigenvalue weighted by Crippen LogP contribution is -2.47. The van der Waals surface area contributed by atoms with Crippen LogP contribution in [-0.2, 0) is 4.74 Å². The minimum absolute atomic E-state index is 0.151. The number of nitrogens with one attached hydrogen (secondary N) is 2. The minimum Gasteiger partial charge on any atom is -0.497 e. The summed E-state index contributed by atoms with van der Waals surface area (Å²) in [5.41, 5.74) is 2.06. The lowest BCUT2D eigenvalue weighted by atomic mass is 10.1. The summed E-state index contributed by atoms with van der Waals surface area (Å²) in [7, 11) is 1.62. The first-order valence-corrected chi connectivity index (χ1v) is 8.47. The molecule has 0 bridgehead atoms. The van der Waals surface area contributed by atoms with Crippen molar-refractivity contribution in [1.29, 1.82) is 0 Å². The van der Waals surface area contributed by atoms with Crippen molar-refractivity contribution in [3.8, 4) is 17.0 Å². The van der Waals surface area contributed by atoms with E-state index in [1.165, 1.54) is 0 Å². The molecule has 25 heavy (non-hydrogen) atoms. The number of rotatable bonds is 6. The number of methoxy groups -OCH3 is 1. The molecule has 134 valence electrons. The molecule has 3 rings (SSSR count). The van der Waals surface area contributed by atoms with Gasteiger partial charge in [0.2, 0.25) is 0 Å². The van der Waals surface area contributed by atoms with E-state index in [1.54, 1.807) is 13.2 Å². The quantitative estimate of drug-likeness (QED) is 0.831. The number of H-pyrrole nitrogens is 1. The van der Waals surface area contributed by atoms with Gasteiger partial charge in [0.1, 0.15) is 11.4 Å². The first-order valence-electron chi connectivity index (χ1n) is 8.47. The zero-order valence-corrected chi connectivity index (χ0v) is 14.6. The van der Waals surface area contributed by atoms with Crippen LogP contribution in [0.15, 0.2) is 30.3 Å². The molecule has 0 aliphatic carbocycles. The minimum atomic E-state index is -0.151. The molecular weight excluding hydrogens is 320 g/mol. The summed E-state index contributed by atoms with van der Waals surface area (Å²) >= 11 is 0. The number of aromatic amines is 1. The average molecular weight is 344 g/mol. The van der Waals surface area contributed by atoms with Crippen LogP contribution in [-0.4, -0.2) is 67.0 Å². The SMILES string of the molecule is COc1cccc(-c2cc(C(=O)NCC(C)N3CCOCC3)[nH]n2)c1. The summed E-state index contributed by atoms with van der Waals surface area (Å²) in [6.45, 7) is 6.01. The number of carbonyl (C=O) groups excluding carboxylic acids is 1. The van der Waals surface area contributed by atoms with E-state index in [-0.39, 0.29) is 11.9 Å². The van der Waals surface area contributed by atoms with E-state index in [9.17, 15) is 4.79 Å². The Morgan fingerprint density at radius 1 is 1.40 bits per heavy atom. The summed E-state index contributed by atoms with van der Waals surface area (Å²) < 4.78 is 10.6. The van der Waals surface area contributed by atoms with Crippen LogP contribution in [0.25, 0.3) is 11.3 Å². The molecule has 1 fully saturated rings. The highest BCUT2D eigenvalue weighted by molar-refractivity contribution is 5.93. The maximum atomic E-state index is 12.3. The van der Waals surface area contributed by atoms with Gasteiger partial charge in [0.15, 0.2) is 0 Å². The summed E-state index contributed by atoms with van der Waals surface area (Å²) in [6, 6.07) is 9.61. The van der Waals surface area contributed by atoms with E-state index in [0.717, 1.165) is 37.6 Å². The number of carbonyl (C=O) groups is 1. The van der Waals surface area contributed by atoms with Crippen LogP contribution in [0.4, 0.5) is 0 Å².